The van der Waals surface area contributed by atoms with Crippen molar-refractivity contribution in [2.24, 2.45) is 10.8 Å². The van der Waals surface area contributed by atoms with Crippen LogP contribution in [0.15, 0.2) is 0 Å². The molecule has 0 aliphatic heterocycles. The van der Waals surface area contributed by atoms with Crippen molar-refractivity contribution >= 4 is 0 Å². The fraction of sp³-hybridized carbons (Fsp3) is 1.00. The van der Waals surface area contributed by atoms with E-state index in [1.807, 2.05) is 0 Å². The first kappa shape index (κ1) is 20.3. The molecule has 0 radical (unpaired) electrons. The molecule has 1 heteroatoms. The number of hydrogen-bond donors (Lipinski definition) is 0. The van der Waals surface area contributed by atoms with Crippen molar-refractivity contribution in [1.29, 1.82) is 0 Å². The van der Waals surface area contributed by atoms with E-state index in [2.05, 4.69) is 39.8 Å². The maximum atomic E-state index is 2.70. The second kappa shape index (κ2) is 8.56. The van der Waals surface area contributed by atoms with Gasteiger partial charge in [-0.05, 0) is 50.6 Å². The molecular weight excluding hydrogens is 290 g/mol. The zero-order chi connectivity index (χ0) is 17.7. The molecule has 0 saturated heterocycles. The van der Waals surface area contributed by atoms with Crippen LogP contribution in [-0.4, -0.2) is 24.5 Å². The van der Waals surface area contributed by atoms with Gasteiger partial charge >= 0.3 is 0 Å². The molecule has 0 amide bonds. The lowest BCUT2D eigenvalue weighted by molar-refractivity contribution is -0.111. The van der Waals surface area contributed by atoms with Gasteiger partial charge in [-0.15, -0.1) is 0 Å². The van der Waals surface area contributed by atoms with E-state index in [-0.39, 0.29) is 0 Å². The fourth-order valence-electron chi connectivity index (χ4n) is 6.44. The van der Waals surface area contributed by atoms with Crippen LogP contribution in [0, 0.1) is 10.8 Å². The van der Waals surface area contributed by atoms with Gasteiger partial charge in [0, 0.05) is 5.54 Å². The van der Waals surface area contributed by atoms with Gasteiger partial charge in [0.25, 0.3) is 0 Å². The molecule has 0 unspecified atom stereocenters. The van der Waals surface area contributed by atoms with Crippen molar-refractivity contribution in [2.75, 3.05) is 14.1 Å². The van der Waals surface area contributed by atoms with Crippen LogP contribution in [0.1, 0.15) is 117 Å². The Kier molecular flexibility index (Phi) is 7.23. The van der Waals surface area contributed by atoms with Crippen molar-refractivity contribution in [1.82, 2.24) is 4.90 Å². The average molecular weight is 336 g/mol. The van der Waals surface area contributed by atoms with Gasteiger partial charge in [-0.3, -0.25) is 0 Å². The number of rotatable bonds is 2. The standard InChI is InChI=1S/C23H45N/c1-21(2,3)22(17-13-9-8-10-14-18-22)23(24(4)5)19-15-11-6-7-12-16-20-23/h6-20H2,1-5H3. The van der Waals surface area contributed by atoms with Gasteiger partial charge in [-0.1, -0.05) is 91.4 Å². The Bertz CT molecular complexity index is 345. The Labute approximate surface area is 153 Å². The average Bonchev–Trinajstić information content (AvgIpc) is 2.58. The van der Waals surface area contributed by atoms with E-state index < -0.39 is 0 Å². The van der Waals surface area contributed by atoms with E-state index in [0.29, 0.717) is 16.4 Å². The summed E-state index contributed by atoms with van der Waals surface area (Å²) in [5.74, 6) is 0. The predicted octanol–water partition coefficient (Wildman–Crippen LogP) is 7.20. The zero-order valence-corrected chi connectivity index (χ0v) is 17.6. The minimum Gasteiger partial charge on any atom is -0.303 e. The summed E-state index contributed by atoms with van der Waals surface area (Å²) < 4.78 is 0. The molecule has 0 bridgehead atoms. The summed E-state index contributed by atoms with van der Waals surface area (Å²) in [4.78, 5) is 2.70. The van der Waals surface area contributed by atoms with Crippen LogP contribution in [-0.2, 0) is 0 Å². The molecule has 0 aromatic heterocycles. The second-order valence-electron chi connectivity index (χ2n) is 10.1. The lowest BCUT2D eigenvalue weighted by Crippen LogP contribution is -2.62. The van der Waals surface area contributed by atoms with Crippen molar-refractivity contribution < 1.29 is 0 Å². The molecule has 2 rings (SSSR count). The van der Waals surface area contributed by atoms with Gasteiger partial charge in [0.15, 0.2) is 0 Å². The first-order valence-corrected chi connectivity index (χ1v) is 11.0. The van der Waals surface area contributed by atoms with Crippen LogP contribution >= 0.6 is 0 Å². The molecule has 0 aromatic rings. The fourth-order valence-corrected chi connectivity index (χ4v) is 6.44. The van der Waals surface area contributed by atoms with Crippen LogP contribution in [0.4, 0.5) is 0 Å². The third kappa shape index (κ3) is 4.02. The summed E-state index contributed by atoms with van der Waals surface area (Å²) >= 11 is 0. The Morgan fingerprint density at radius 2 is 0.875 bits per heavy atom. The molecule has 2 aliphatic carbocycles. The summed E-state index contributed by atoms with van der Waals surface area (Å²) in [6, 6.07) is 0. The molecule has 2 fully saturated rings. The molecule has 142 valence electrons. The Hall–Kier alpha value is -0.0400. The van der Waals surface area contributed by atoms with E-state index in [1.165, 1.54) is 96.3 Å². The highest BCUT2D eigenvalue weighted by Gasteiger charge is 2.56. The summed E-state index contributed by atoms with van der Waals surface area (Å²) in [7, 11) is 4.81. The molecule has 2 saturated carbocycles. The number of nitrogens with zero attached hydrogens (tertiary/aromatic N) is 1. The molecule has 1 nitrogen and oxygen atoms in total. The van der Waals surface area contributed by atoms with Crippen molar-refractivity contribution in [3.05, 3.63) is 0 Å². The van der Waals surface area contributed by atoms with Crippen LogP contribution in [0.25, 0.3) is 0 Å². The molecule has 2 aliphatic rings. The minimum atomic E-state index is 0.392. The van der Waals surface area contributed by atoms with Gasteiger partial charge in [-0.2, -0.15) is 0 Å². The maximum absolute atomic E-state index is 2.70. The van der Waals surface area contributed by atoms with Crippen LogP contribution in [0.2, 0.25) is 0 Å². The topological polar surface area (TPSA) is 3.24 Å². The van der Waals surface area contributed by atoms with Crippen molar-refractivity contribution in [3.63, 3.8) is 0 Å². The normalized spacial score (nSPS) is 26.8. The molecular formula is C23H45N. The summed E-state index contributed by atoms with van der Waals surface area (Å²) in [6.45, 7) is 7.69. The second-order valence-corrected chi connectivity index (χ2v) is 10.1. The molecule has 0 spiro atoms. The Morgan fingerprint density at radius 3 is 1.21 bits per heavy atom. The Morgan fingerprint density at radius 1 is 0.542 bits per heavy atom. The highest BCUT2D eigenvalue weighted by atomic mass is 15.2. The van der Waals surface area contributed by atoms with Gasteiger partial charge < -0.3 is 4.90 Å². The molecule has 0 atom stereocenters. The monoisotopic (exact) mass is 335 g/mol. The van der Waals surface area contributed by atoms with Crippen molar-refractivity contribution in [3.8, 4) is 0 Å². The summed E-state index contributed by atoms with van der Waals surface area (Å²) in [5.41, 5.74) is 1.28. The van der Waals surface area contributed by atoms with E-state index >= 15 is 0 Å². The Balaban J connectivity index is 2.46. The lowest BCUT2D eigenvalue weighted by atomic mass is 9.49. The zero-order valence-electron chi connectivity index (χ0n) is 17.6. The highest BCUT2D eigenvalue weighted by molar-refractivity contribution is 5.10. The molecule has 24 heavy (non-hydrogen) atoms. The van der Waals surface area contributed by atoms with E-state index in [1.54, 1.807) is 0 Å². The van der Waals surface area contributed by atoms with Gasteiger partial charge in [0.2, 0.25) is 0 Å². The van der Waals surface area contributed by atoms with E-state index in [9.17, 15) is 0 Å². The van der Waals surface area contributed by atoms with E-state index in [4.69, 9.17) is 0 Å². The highest BCUT2D eigenvalue weighted by Crippen LogP contribution is 2.59. The minimum absolute atomic E-state index is 0.392. The maximum Gasteiger partial charge on any atom is 0.0264 e. The summed E-state index contributed by atoms with van der Waals surface area (Å²) in [6.07, 6.45) is 21.8. The van der Waals surface area contributed by atoms with Crippen molar-refractivity contribution in [2.45, 2.75) is 123 Å². The van der Waals surface area contributed by atoms with Gasteiger partial charge in [0.1, 0.15) is 0 Å². The predicted molar refractivity (Wildman–Crippen MR) is 108 cm³/mol. The van der Waals surface area contributed by atoms with Gasteiger partial charge in [0.05, 0.1) is 0 Å². The molecule has 0 heterocycles. The van der Waals surface area contributed by atoms with E-state index in [0.717, 1.165) is 0 Å². The largest absolute Gasteiger partial charge is 0.303 e. The summed E-state index contributed by atoms with van der Waals surface area (Å²) in [5, 5.41) is 0. The lowest BCUT2D eigenvalue weighted by Gasteiger charge is -2.62. The number of hydrogen-bond acceptors (Lipinski definition) is 1. The van der Waals surface area contributed by atoms with Crippen LogP contribution in [0.3, 0.4) is 0 Å². The quantitative estimate of drug-likeness (QED) is 0.516. The third-order valence-electron chi connectivity index (χ3n) is 7.82. The first-order chi connectivity index (χ1) is 11.4. The molecule has 0 N–H and O–H groups in total. The SMILES string of the molecule is CN(C)C1(C2(C(C)(C)C)CCCCCCC2)CCCCCCCC1. The van der Waals surface area contributed by atoms with Gasteiger partial charge in [-0.25, -0.2) is 0 Å². The third-order valence-corrected chi connectivity index (χ3v) is 7.82. The van der Waals surface area contributed by atoms with Crippen LogP contribution < -0.4 is 0 Å². The molecule has 0 aromatic carbocycles. The van der Waals surface area contributed by atoms with Crippen LogP contribution in [0.5, 0.6) is 0 Å². The first-order valence-electron chi connectivity index (χ1n) is 11.0. The smallest absolute Gasteiger partial charge is 0.0264 e.